The molecule has 3 heteroatoms. The van der Waals surface area contributed by atoms with Crippen LogP contribution in [-0.4, -0.2) is 4.98 Å². The second-order valence-corrected chi connectivity index (χ2v) is 7.83. The Labute approximate surface area is 139 Å². The first-order chi connectivity index (χ1) is 10.9. The third-order valence-electron chi connectivity index (χ3n) is 5.01. The van der Waals surface area contributed by atoms with E-state index >= 15 is 0 Å². The van der Waals surface area contributed by atoms with Crippen molar-refractivity contribution >= 4 is 0 Å². The van der Waals surface area contributed by atoms with Crippen LogP contribution >= 0.6 is 0 Å². The molecule has 23 heavy (non-hydrogen) atoms. The monoisotopic (exact) mass is 312 g/mol. The summed E-state index contributed by atoms with van der Waals surface area (Å²) in [5.74, 6) is 1.65. The minimum atomic E-state index is 0.0682. The summed E-state index contributed by atoms with van der Waals surface area (Å²) in [6.07, 6.45) is 6.71. The van der Waals surface area contributed by atoms with Crippen LogP contribution in [0.25, 0.3) is 0 Å². The van der Waals surface area contributed by atoms with Crippen LogP contribution in [0, 0.1) is 6.92 Å². The van der Waals surface area contributed by atoms with Crippen LogP contribution in [0.1, 0.15) is 69.2 Å². The molecule has 0 saturated heterocycles. The summed E-state index contributed by atoms with van der Waals surface area (Å²) in [4.78, 5) is 4.32. The quantitative estimate of drug-likeness (QED) is 0.878. The maximum absolute atomic E-state index is 5.61. The molecule has 0 amide bonds. The zero-order valence-corrected chi connectivity index (χ0v) is 14.8. The predicted molar refractivity (Wildman–Crippen MR) is 93.4 cm³/mol. The Balaban J connectivity index is 1.80. The molecule has 0 aliphatic heterocycles. The third kappa shape index (κ3) is 3.50. The average molecular weight is 312 g/mol. The Morgan fingerprint density at radius 1 is 1.13 bits per heavy atom. The van der Waals surface area contributed by atoms with E-state index in [9.17, 15) is 0 Å². The van der Waals surface area contributed by atoms with Crippen molar-refractivity contribution in [2.45, 2.75) is 70.9 Å². The lowest BCUT2D eigenvalue weighted by atomic mass is 9.83. The van der Waals surface area contributed by atoms with Crippen molar-refractivity contribution in [3.8, 4) is 0 Å². The molecule has 1 fully saturated rings. The second kappa shape index (κ2) is 6.12. The number of aromatic nitrogens is 1. The van der Waals surface area contributed by atoms with Gasteiger partial charge < -0.3 is 4.42 Å². The highest BCUT2D eigenvalue weighted by molar-refractivity contribution is 5.32. The number of nitrogens with one attached hydrogen (secondary N) is 1. The van der Waals surface area contributed by atoms with Gasteiger partial charge in [-0.3, -0.25) is 5.32 Å². The van der Waals surface area contributed by atoms with Gasteiger partial charge in [-0.25, -0.2) is 4.98 Å². The van der Waals surface area contributed by atoms with Gasteiger partial charge in [0.1, 0.15) is 5.76 Å². The molecule has 3 rings (SSSR count). The van der Waals surface area contributed by atoms with Crippen LogP contribution in [0.2, 0.25) is 0 Å². The smallest absolute Gasteiger partial charge is 0.208 e. The summed E-state index contributed by atoms with van der Waals surface area (Å²) in [7, 11) is 0. The van der Waals surface area contributed by atoms with Crippen molar-refractivity contribution < 1.29 is 4.42 Å². The topological polar surface area (TPSA) is 38.1 Å². The zero-order chi connectivity index (χ0) is 16.5. The fourth-order valence-electron chi connectivity index (χ4n) is 3.56. The van der Waals surface area contributed by atoms with Crippen molar-refractivity contribution in [3.05, 3.63) is 53.2 Å². The molecule has 2 aromatic rings. The number of hydrogen-bond acceptors (Lipinski definition) is 3. The molecule has 0 atom stereocenters. The van der Waals surface area contributed by atoms with Gasteiger partial charge in [-0.1, -0.05) is 57.9 Å². The van der Waals surface area contributed by atoms with Crippen LogP contribution in [0.3, 0.4) is 0 Å². The molecule has 1 N–H and O–H groups in total. The maximum Gasteiger partial charge on any atom is 0.208 e. The van der Waals surface area contributed by atoms with Crippen molar-refractivity contribution in [2.24, 2.45) is 0 Å². The van der Waals surface area contributed by atoms with Gasteiger partial charge in [0, 0.05) is 5.54 Å². The molecule has 1 aliphatic rings. The van der Waals surface area contributed by atoms with Crippen LogP contribution < -0.4 is 5.32 Å². The first kappa shape index (κ1) is 16.3. The summed E-state index contributed by atoms with van der Waals surface area (Å²) in [6, 6.07) is 9.18. The molecule has 1 heterocycles. The number of hydrogen-bond donors (Lipinski definition) is 1. The molecule has 1 aromatic carbocycles. The Morgan fingerprint density at radius 3 is 2.30 bits per heavy atom. The fraction of sp³-hybridized carbons (Fsp3) is 0.550. The number of nitrogens with zero attached hydrogens (tertiary/aromatic N) is 1. The Bertz CT molecular complexity index is 643. The molecule has 0 radical (unpaired) electrons. The summed E-state index contributed by atoms with van der Waals surface area (Å²) in [5, 5.41) is 3.74. The first-order valence-electron chi connectivity index (χ1n) is 8.66. The molecule has 1 saturated carbocycles. The van der Waals surface area contributed by atoms with Crippen molar-refractivity contribution in [3.63, 3.8) is 0 Å². The van der Waals surface area contributed by atoms with E-state index in [1.165, 1.54) is 36.8 Å². The van der Waals surface area contributed by atoms with Gasteiger partial charge in [-0.15, -0.1) is 0 Å². The Hall–Kier alpha value is -1.61. The SMILES string of the molecule is Cc1cnc(CNC2(c3ccc(C(C)(C)C)cc3)CCCC2)o1. The van der Waals surface area contributed by atoms with Crippen molar-refractivity contribution in [2.75, 3.05) is 0 Å². The summed E-state index contributed by atoms with van der Waals surface area (Å²) < 4.78 is 5.61. The Morgan fingerprint density at radius 2 is 1.78 bits per heavy atom. The molecule has 1 aromatic heterocycles. The van der Waals surface area contributed by atoms with Crippen molar-refractivity contribution in [1.29, 1.82) is 0 Å². The number of rotatable bonds is 4. The van der Waals surface area contributed by atoms with Crippen molar-refractivity contribution in [1.82, 2.24) is 10.3 Å². The molecule has 0 spiro atoms. The van der Waals surface area contributed by atoms with Gasteiger partial charge >= 0.3 is 0 Å². The highest BCUT2D eigenvalue weighted by atomic mass is 16.4. The minimum absolute atomic E-state index is 0.0682. The van der Waals surface area contributed by atoms with Crippen LogP contribution in [0.5, 0.6) is 0 Å². The molecule has 0 bridgehead atoms. The molecule has 1 aliphatic carbocycles. The molecule has 0 unspecified atom stereocenters. The van der Waals surface area contributed by atoms with E-state index < -0.39 is 0 Å². The van der Waals surface area contributed by atoms with Gasteiger partial charge in [0.25, 0.3) is 0 Å². The van der Waals surface area contributed by atoms with E-state index in [0.29, 0.717) is 6.54 Å². The highest BCUT2D eigenvalue weighted by Crippen LogP contribution is 2.39. The predicted octanol–water partition coefficient (Wildman–Crippen LogP) is 4.84. The lowest BCUT2D eigenvalue weighted by molar-refractivity contribution is 0.315. The lowest BCUT2D eigenvalue weighted by Gasteiger charge is -2.31. The zero-order valence-electron chi connectivity index (χ0n) is 14.8. The van der Waals surface area contributed by atoms with Crippen LogP contribution in [-0.2, 0) is 17.5 Å². The summed E-state index contributed by atoms with van der Waals surface area (Å²) in [5.41, 5.74) is 3.05. The van der Waals surface area contributed by atoms with E-state index in [2.05, 4.69) is 55.3 Å². The number of oxazole rings is 1. The van der Waals surface area contributed by atoms with Gasteiger partial charge in [-0.2, -0.15) is 0 Å². The van der Waals surface area contributed by atoms with Gasteiger partial charge in [0.2, 0.25) is 5.89 Å². The van der Waals surface area contributed by atoms with E-state index in [0.717, 1.165) is 11.7 Å². The Kier molecular flexibility index (Phi) is 4.33. The van der Waals surface area contributed by atoms with Gasteiger partial charge in [0.05, 0.1) is 12.7 Å². The largest absolute Gasteiger partial charge is 0.445 e. The maximum atomic E-state index is 5.61. The summed E-state index contributed by atoms with van der Waals surface area (Å²) >= 11 is 0. The summed E-state index contributed by atoms with van der Waals surface area (Å²) in [6.45, 7) is 9.41. The highest BCUT2D eigenvalue weighted by Gasteiger charge is 2.35. The van der Waals surface area contributed by atoms with Crippen LogP contribution in [0.4, 0.5) is 0 Å². The van der Waals surface area contributed by atoms with E-state index in [1.807, 2.05) is 6.92 Å². The molecular weight excluding hydrogens is 284 g/mol. The average Bonchev–Trinajstić information content (AvgIpc) is 3.14. The third-order valence-corrected chi connectivity index (χ3v) is 5.01. The standard InChI is InChI=1S/C20H28N2O/c1-15-13-21-18(23-15)14-22-20(11-5-6-12-20)17-9-7-16(8-10-17)19(2,3)4/h7-10,13,22H,5-6,11-12,14H2,1-4H3. The number of aryl methyl sites for hydroxylation is 1. The van der Waals surface area contributed by atoms with E-state index in [-0.39, 0.29) is 11.0 Å². The fourth-order valence-corrected chi connectivity index (χ4v) is 3.56. The molecule has 3 nitrogen and oxygen atoms in total. The van der Waals surface area contributed by atoms with Gasteiger partial charge in [0.15, 0.2) is 0 Å². The van der Waals surface area contributed by atoms with E-state index in [4.69, 9.17) is 4.42 Å². The first-order valence-corrected chi connectivity index (χ1v) is 8.66. The minimum Gasteiger partial charge on any atom is -0.445 e. The van der Waals surface area contributed by atoms with Crippen LogP contribution in [0.15, 0.2) is 34.9 Å². The molecule has 124 valence electrons. The molecular formula is C20H28N2O. The normalized spacial score (nSPS) is 17.6. The lowest BCUT2D eigenvalue weighted by Crippen LogP contribution is -2.39. The van der Waals surface area contributed by atoms with Gasteiger partial charge in [-0.05, 0) is 36.3 Å². The number of benzene rings is 1. The second-order valence-electron chi connectivity index (χ2n) is 7.83. The van der Waals surface area contributed by atoms with E-state index in [1.54, 1.807) is 6.20 Å².